The Balaban J connectivity index is 1.48. The maximum Gasteiger partial charge on any atom is 0.220 e. The minimum absolute atomic E-state index is 0.0107. The zero-order valence-corrected chi connectivity index (χ0v) is 17.1. The van der Waals surface area contributed by atoms with E-state index in [-0.39, 0.29) is 24.3 Å². The molecule has 2 fully saturated rings. The summed E-state index contributed by atoms with van der Waals surface area (Å²) in [6.45, 7) is 4.75. The van der Waals surface area contributed by atoms with Gasteiger partial charge in [-0.1, -0.05) is 6.92 Å². The second-order valence-corrected chi connectivity index (χ2v) is 8.49. The molecular weight excluding hydrogens is 383 g/mol. The van der Waals surface area contributed by atoms with Crippen molar-refractivity contribution in [2.75, 3.05) is 31.1 Å². The molecule has 2 saturated heterocycles. The Hall–Kier alpha value is -2.79. The summed E-state index contributed by atoms with van der Waals surface area (Å²) in [5.41, 5.74) is 1.83. The zero-order chi connectivity index (χ0) is 21.1. The third-order valence-corrected chi connectivity index (χ3v) is 6.09. The van der Waals surface area contributed by atoms with Crippen molar-refractivity contribution in [1.29, 1.82) is 5.26 Å². The van der Waals surface area contributed by atoms with E-state index in [0.29, 0.717) is 36.6 Å². The minimum Gasteiger partial charge on any atom is -0.367 e. The lowest BCUT2D eigenvalue weighted by Crippen LogP contribution is -2.51. The molecule has 0 saturated carbocycles. The van der Waals surface area contributed by atoms with E-state index in [0.717, 1.165) is 30.6 Å². The molecule has 2 aromatic heterocycles. The SMILES string of the molecule is CC1CC(NC(=O)CC2CCNCC2F)CN(c2cnc(C#N)c3ncccc23)C1. The van der Waals surface area contributed by atoms with Gasteiger partial charge in [0.2, 0.25) is 5.91 Å². The van der Waals surface area contributed by atoms with Gasteiger partial charge >= 0.3 is 0 Å². The van der Waals surface area contributed by atoms with Crippen molar-refractivity contribution in [2.45, 2.75) is 38.4 Å². The van der Waals surface area contributed by atoms with Crippen LogP contribution in [0, 0.1) is 23.2 Å². The van der Waals surface area contributed by atoms with E-state index in [1.165, 1.54) is 0 Å². The van der Waals surface area contributed by atoms with Gasteiger partial charge in [-0.25, -0.2) is 9.37 Å². The van der Waals surface area contributed by atoms with Crippen LogP contribution >= 0.6 is 0 Å². The number of hydrogen-bond donors (Lipinski definition) is 2. The smallest absolute Gasteiger partial charge is 0.220 e. The molecule has 1 amide bonds. The van der Waals surface area contributed by atoms with Crippen LogP contribution in [0.5, 0.6) is 0 Å². The van der Waals surface area contributed by atoms with Crippen molar-refractivity contribution >= 4 is 22.5 Å². The third-order valence-electron chi connectivity index (χ3n) is 6.09. The van der Waals surface area contributed by atoms with Crippen LogP contribution < -0.4 is 15.5 Å². The second-order valence-electron chi connectivity index (χ2n) is 8.49. The van der Waals surface area contributed by atoms with E-state index in [1.54, 1.807) is 12.4 Å². The highest BCUT2D eigenvalue weighted by Crippen LogP contribution is 2.30. The molecule has 2 aliphatic heterocycles. The maximum absolute atomic E-state index is 14.1. The molecule has 2 aromatic rings. The predicted octanol–water partition coefficient (Wildman–Crippen LogP) is 2.17. The molecule has 0 bridgehead atoms. The fraction of sp³-hybridized carbons (Fsp3) is 0.545. The van der Waals surface area contributed by atoms with Gasteiger partial charge in [-0.05, 0) is 37.4 Å². The lowest BCUT2D eigenvalue weighted by molar-refractivity contribution is -0.123. The maximum atomic E-state index is 14.1. The molecule has 0 aliphatic carbocycles. The number of aromatic nitrogens is 2. The van der Waals surface area contributed by atoms with Crippen molar-refractivity contribution in [3.05, 3.63) is 30.2 Å². The van der Waals surface area contributed by atoms with Crippen LogP contribution in [-0.4, -0.2) is 54.3 Å². The van der Waals surface area contributed by atoms with Crippen molar-refractivity contribution in [2.24, 2.45) is 11.8 Å². The Morgan fingerprint density at radius 2 is 2.30 bits per heavy atom. The first-order valence-corrected chi connectivity index (χ1v) is 10.6. The number of nitriles is 1. The van der Waals surface area contributed by atoms with Crippen molar-refractivity contribution in [3.8, 4) is 6.07 Å². The molecule has 4 rings (SSSR count). The number of pyridine rings is 2. The van der Waals surface area contributed by atoms with E-state index in [9.17, 15) is 14.4 Å². The van der Waals surface area contributed by atoms with Gasteiger partial charge in [-0.15, -0.1) is 0 Å². The van der Waals surface area contributed by atoms with E-state index in [2.05, 4.69) is 38.5 Å². The van der Waals surface area contributed by atoms with Gasteiger partial charge in [-0.2, -0.15) is 5.26 Å². The number of nitrogens with zero attached hydrogens (tertiary/aromatic N) is 4. The number of amides is 1. The van der Waals surface area contributed by atoms with Gasteiger partial charge in [0, 0.05) is 49.6 Å². The summed E-state index contributed by atoms with van der Waals surface area (Å²) in [5.74, 6) is 0.0911. The number of nitrogens with one attached hydrogen (secondary N) is 2. The van der Waals surface area contributed by atoms with Crippen LogP contribution in [0.4, 0.5) is 10.1 Å². The predicted molar refractivity (Wildman–Crippen MR) is 113 cm³/mol. The fourth-order valence-electron chi connectivity index (χ4n) is 4.67. The summed E-state index contributed by atoms with van der Waals surface area (Å²) in [4.78, 5) is 23.4. The largest absolute Gasteiger partial charge is 0.367 e. The van der Waals surface area contributed by atoms with Crippen LogP contribution in [-0.2, 0) is 4.79 Å². The van der Waals surface area contributed by atoms with E-state index in [1.807, 2.05) is 12.1 Å². The molecule has 30 heavy (non-hydrogen) atoms. The third kappa shape index (κ3) is 4.36. The topological polar surface area (TPSA) is 93.9 Å². The number of rotatable bonds is 4. The molecular formula is C22H27FN6O. The Labute approximate surface area is 175 Å². The summed E-state index contributed by atoms with van der Waals surface area (Å²) in [6.07, 6.45) is 4.23. The van der Waals surface area contributed by atoms with E-state index < -0.39 is 6.17 Å². The first-order valence-electron chi connectivity index (χ1n) is 10.6. The number of carbonyl (C=O) groups excluding carboxylic acids is 1. The monoisotopic (exact) mass is 410 g/mol. The molecule has 0 radical (unpaired) electrons. The summed E-state index contributed by atoms with van der Waals surface area (Å²) >= 11 is 0. The van der Waals surface area contributed by atoms with Gasteiger partial charge in [-0.3, -0.25) is 9.78 Å². The first-order chi connectivity index (χ1) is 14.5. The fourth-order valence-corrected chi connectivity index (χ4v) is 4.67. The minimum atomic E-state index is -0.963. The average Bonchev–Trinajstić information content (AvgIpc) is 2.74. The normalized spacial score (nSPS) is 26.9. The summed E-state index contributed by atoms with van der Waals surface area (Å²) < 4.78 is 14.1. The van der Waals surface area contributed by atoms with Crippen LogP contribution in [0.3, 0.4) is 0 Å². The van der Waals surface area contributed by atoms with Gasteiger partial charge in [0.05, 0.1) is 11.9 Å². The summed E-state index contributed by atoms with van der Waals surface area (Å²) in [7, 11) is 0. The standard InChI is InChI=1S/C22H27FN6O/c1-14-7-16(28-21(30)8-15-4-6-25-10-18(15)23)13-29(12-14)20-11-27-19(9-24)22-17(20)3-2-5-26-22/h2-3,5,11,14-16,18,25H,4,6-8,10,12-13H2,1H3,(H,28,30). The Morgan fingerprint density at radius 1 is 1.43 bits per heavy atom. The van der Waals surface area contributed by atoms with Crippen molar-refractivity contribution < 1.29 is 9.18 Å². The molecule has 4 heterocycles. The lowest BCUT2D eigenvalue weighted by atomic mass is 9.91. The molecule has 2 N–H and O–H groups in total. The molecule has 8 heteroatoms. The molecule has 4 unspecified atom stereocenters. The van der Waals surface area contributed by atoms with Gasteiger partial charge in [0.1, 0.15) is 17.8 Å². The molecule has 158 valence electrons. The van der Waals surface area contributed by atoms with Crippen LogP contribution in [0.1, 0.15) is 31.9 Å². The Kier molecular flexibility index (Phi) is 6.09. The van der Waals surface area contributed by atoms with E-state index in [4.69, 9.17) is 0 Å². The highest BCUT2D eigenvalue weighted by Gasteiger charge is 2.30. The van der Waals surface area contributed by atoms with E-state index >= 15 is 0 Å². The van der Waals surface area contributed by atoms with Gasteiger partial charge in [0.25, 0.3) is 0 Å². The van der Waals surface area contributed by atoms with Crippen LogP contribution in [0.25, 0.3) is 10.9 Å². The van der Waals surface area contributed by atoms with Crippen molar-refractivity contribution in [3.63, 3.8) is 0 Å². The second kappa shape index (κ2) is 8.92. The molecule has 4 atom stereocenters. The lowest BCUT2D eigenvalue weighted by Gasteiger charge is -2.38. The Bertz CT molecular complexity index is 960. The van der Waals surface area contributed by atoms with Gasteiger partial charge in [0.15, 0.2) is 5.69 Å². The first kappa shape index (κ1) is 20.5. The highest BCUT2D eigenvalue weighted by molar-refractivity contribution is 5.93. The number of fused-ring (bicyclic) bond motifs is 1. The summed E-state index contributed by atoms with van der Waals surface area (Å²) in [5, 5.41) is 16.4. The number of piperidine rings is 2. The number of halogens is 1. The van der Waals surface area contributed by atoms with Crippen LogP contribution in [0.2, 0.25) is 0 Å². The molecule has 7 nitrogen and oxygen atoms in total. The number of anilines is 1. The summed E-state index contributed by atoms with van der Waals surface area (Å²) in [6, 6.07) is 5.89. The Morgan fingerprint density at radius 3 is 3.10 bits per heavy atom. The zero-order valence-electron chi connectivity index (χ0n) is 17.1. The average molecular weight is 410 g/mol. The highest BCUT2D eigenvalue weighted by atomic mass is 19.1. The number of carbonyl (C=O) groups is 1. The molecule has 0 aromatic carbocycles. The molecule has 0 spiro atoms. The molecule has 2 aliphatic rings. The van der Waals surface area contributed by atoms with Crippen LogP contribution in [0.15, 0.2) is 24.5 Å². The number of hydrogen-bond acceptors (Lipinski definition) is 6. The number of alkyl halides is 1. The van der Waals surface area contributed by atoms with Gasteiger partial charge < -0.3 is 15.5 Å². The quantitative estimate of drug-likeness (QED) is 0.802. The van der Waals surface area contributed by atoms with Crippen molar-refractivity contribution in [1.82, 2.24) is 20.6 Å².